The quantitative estimate of drug-likeness (QED) is 0.785. The van der Waals surface area contributed by atoms with Gasteiger partial charge < -0.3 is 10.4 Å². The van der Waals surface area contributed by atoms with E-state index in [2.05, 4.69) is 15.6 Å². The lowest BCUT2D eigenvalue weighted by atomic mass is 10.3. The van der Waals surface area contributed by atoms with Gasteiger partial charge in [0.25, 0.3) is 0 Å². The topological polar surface area (TPSA) is 61.7 Å². The molecule has 0 aromatic heterocycles. The number of phenolic OH excluding ortho intramolecular Hbond substituents is 1. The second-order valence-electron chi connectivity index (χ2n) is 3.26. The monoisotopic (exact) mass is 238 g/mol. The van der Waals surface area contributed by atoms with Crippen molar-refractivity contribution in [2.45, 2.75) is 4.90 Å². The van der Waals surface area contributed by atoms with Gasteiger partial charge in [-0.3, -0.25) is 0 Å². The van der Waals surface area contributed by atoms with E-state index in [1.54, 1.807) is 6.07 Å². The number of hydrogen-bond donors (Lipinski definition) is 2. The fraction of sp³-hybridized carbons (Fsp3) is 0.273. The summed E-state index contributed by atoms with van der Waals surface area (Å²) in [4.78, 5) is 0.481. The molecule has 0 bridgehead atoms. The Labute approximate surface area is 95.9 Å². The van der Waals surface area contributed by atoms with Gasteiger partial charge in [-0.05, 0) is 12.1 Å². The molecule has 0 heterocycles. The zero-order valence-corrected chi connectivity index (χ0v) is 10.0. The summed E-state index contributed by atoms with van der Waals surface area (Å²) in [5.41, 5.74) is 0.631. The first-order valence-electron chi connectivity index (χ1n) is 4.61. The van der Waals surface area contributed by atoms with Crippen LogP contribution >= 0.6 is 0 Å². The Morgan fingerprint density at radius 2 is 2.25 bits per heavy atom. The van der Waals surface area contributed by atoms with E-state index in [-0.39, 0.29) is 5.75 Å². The van der Waals surface area contributed by atoms with Crippen molar-refractivity contribution in [2.24, 2.45) is 4.36 Å². The Balaban J connectivity index is 3.20. The molecule has 0 saturated carbocycles. The van der Waals surface area contributed by atoms with Crippen LogP contribution in [0.3, 0.4) is 0 Å². The van der Waals surface area contributed by atoms with Crippen LogP contribution in [0.15, 0.2) is 27.5 Å². The molecule has 1 aromatic carbocycles. The third-order valence-electron chi connectivity index (χ3n) is 2.07. The van der Waals surface area contributed by atoms with Gasteiger partial charge in [0.15, 0.2) is 0 Å². The molecule has 0 aliphatic carbocycles. The number of hydrogen-bond acceptors (Lipinski definition) is 4. The van der Waals surface area contributed by atoms with E-state index in [9.17, 15) is 9.32 Å². The van der Waals surface area contributed by atoms with Crippen molar-refractivity contribution in [3.8, 4) is 18.1 Å². The third kappa shape index (κ3) is 2.91. The van der Waals surface area contributed by atoms with Gasteiger partial charge in [0.1, 0.15) is 5.75 Å². The highest BCUT2D eigenvalue weighted by atomic mass is 32.2. The van der Waals surface area contributed by atoms with Crippen molar-refractivity contribution in [3.63, 3.8) is 0 Å². The van der Waals surface area contributed by atoms with E-state index in [0.29, 0.717) is 17.1 Å². The predicted octanol–water partition coefficient (Wildman–Crippen LogP) is 1.52. The largest absolute Gasteiger partial charge is 0.508 e. The van der Waals surface area contributed by atoms with Crippen molar-refractivity contribution in [2.75, 3.05) is 25.2 Å². The number of nitrogens with one attached hydrogen (secondary N) is 1. The summed E-state index contributed by atoms with van der Waals surface area (Å²) in [6, 6.07) is 4.63. The third-order valence-corrected chi connectivity index (χ3v) is 3.88. The van der Waals surface area contributed by atoms with Crippen LogP contribution in [0.1, 0.15) is 0 Å². The highest BCUT2D eigenvalue weighted by molar-refractivity contribution is 7.93. The SMILES string of the molecule is C#CCNc1cc(O)cc(S(C)(=O)=NC)c1. The summed E-state index contributed by atoms with van der Waals surface area (Å²) in [5, 5.41) is 12.4. The van der Waals surface area contributed by atoms with Crippen LogP contribution in [0.2, 0.25) is 0 Å². The van der Waals surface area contributed by atoms with Crippen molar-refractivity contribution < 1.29 is 9.32 Å². The van der Waals surface area contributed by atoms with Crippen LogP contribution in [0.5, 0.6) is 5.75 Å². The standard InChI is InChI=1S/C11H14N2O2S/c1-4-5-13-9-6-10(14)8-11(7-9)16(3,15)12-2/h1,6-8,13-14H,5H2,2-3H3. The molecule has 1 unspecified atom stereocenters. The van der Waals surface area contributed by atoms with Crippen LogP contribution in [-0.4, -0.2) is 29.2 Å². The van der Waals surface area contributed by atoms with Crippen LogP contribution in [0.4, 0.5) is 5.69 Å². The van der Waals surface area contributed by atoms with Gasteiger partial charge in [-0.2, -0.15) is 0 Å². The lowest BCUT2D eigenvalue weighted by molar-refractivity contribution is 0.474. The molecule has 4 nitrogen and oxygen atoms in total. The maximum absolute atomic E-state index is 12.0. The summed E-state index contributed by atoms with van der Waals surface area (Å²) in [6.45, 7) is 0.344. The van der Waals surface area contributed by atoms with E-state index < -0.39 is 9.73 Å². The first kappa shape index (κ1) is 12.4. The van der Waals surface area contributed by atoms with Crippen LogP contribution < -0.4 is 5.32 Å². The van der Waals surface area contributed by atoms with Crippen molar-refractivity contribution in [3.05, 3.63) is 18.2 Å². The molecule has 1 rings (SSSR count). The van der Waals surface area contributed by atoms with Crippen LogP contribution in [-0.2, 0) is 9.73 Å². The van der Waals surface area contributed by atoms with Gasteiger partial charge in [-0.25, -0.2) is 8.57 Å². The van der Waals surface area contributed by atoms with Gasteiger partial charge in [-0.15, -0.1) is 6.42 Å². The fourth-order valence-electron chi connectivity index (χ4n) is 1.16. The molecular formula is C11H14N2O2S. The maximum Gasteiger partial charge on any atom is 0.118 e. The number of phenols is 1. The first-order valence-corrected chi connectivity index (χ1v) is 6.53. The number of nitrogens with zero attached hydrogens (tertiary/aromatic N) is 1. The molecule has 86 valence electrons. The molecule has 0 fully saturated rings. The predicted molar refractivity (Wildman–Crippen MR) is 66.1 cm³/mol. The van der Waals surface area contributed by atoms with Gasteiger partial charge in [0.2, 0.25) is 0 Å². The minimum absolute atomic E-state index is 0.0373. The van der Waals surface area contributed by atoms with Crippen molar-refractivity contribution >= 4 is 15.4 Å². The van der Waals surface area contributed by atoms with E-state index in [1.165, 1.54) is 25.4 Å². The Hall–Kier alpha value is -1.67. The molecule has 0 aliphatic heterocycles. The molecule has 0 amide bonds. The Morgan fingerprint density at radius 3 is 2.81 bits per heavy atom. The average Bonchev–Trinajstić information content (AvgIpc) is 2.25. The number of terminal acetylenes is 1. The van der Waals surface area contributed by atoms with Gasteiger partial charge in [-0.1, -0.05) is 5.92 Å². The molecule has 0 saturated heterocycles. The summed E-state index contributed by atoms with van der Waals surface area (Å²) in [6.07, 6.45) is 6.63. The first-order chi connectivity index (χ1) is 7.49. The number of benzene rings is 1. The second kappa shape index (κ2) is 4.90. The highest BCUT2D eigenvalue weighted by Gasteiger charge is 2.07. The van der Waals surface area contributed by atoms with E-state index in [4.69, 9.17) is 6.42 Å². The van der Waals surface area contributed by atoms with Gasteiger partial charge in [0.05, 0.1) is 21.2 Å². The molecule has 0 radical (unpaired) electrons. The Bertz CT molecular complexity index is 537. The summed E-state index contributed by atoms with van der Waals surface area (Å²) in [7, 11) is -0.958. The highest BCUT2D eigenvalue weighted by Crippen LogP contribution is 2.23. The molecule has 16 heavy (non-hydrogen) atoms. The summed E-state index contributed by atoms with van der Waals surface area (Å²) >= 11 is 0. The zero-order valence-electron chi connectivity index (χ0n) is 9.23. The second-order valence-corrected chi connectivity index (χ2v) is 5.70. The normalized spacial score (nSPS) is 13.6. The number of aromatic hydroxyl groups is 1. The zero-order chi connectivity index (χ0) is 12.2. The molecule has 1 atom stereocenters. The van der Waals surface area contributed by atoms with E-state index in [1.807, 2.05) is 0 Å². The van der Waals surface area contributed by atoms with Crippen LogP contribution in [0.25, 0.3) is 0 Å². The maximum atomic E-state index is 12.0. The van der Waals surface area contributed by atoms with E-state index in [0.717, 1.165) is 0 Å². The number of rotatable bonds is 3. The minimum atomic E-state index is -2.44. The minimum Gasteiger partial charge on any atom is -0.508 e. The molecule has 1 aromatic rings. The Morgan fingerprint density at radius 1 is 1.56 bits per heavy atom. The van der Waals surface area contributed by atoms with Gasteiger partial charge >= 0.3 is 0 Å². The van der Waals surface area contributed by atoms with Gasteiger partial charge in [0, 0.05) is 25.1 Å². The molecule has 0 aliphatic rings. The Kier molecular flexibility index (Phi) is 3.80. The molecule has 2 N–H and O–H groups in total. The van der Waals surface area contributed by atoms with Crippen molar-refractivity contribution in [1.82, 2.24) is 0 Å². The molecule has 5 heteroatoms. The van der Waals surface area contributed by atoms with E-state index >= 15 is 0 Å². The lowest BCUT2D eigenvalue weighted by Crippen LogP contribution is -2.01. The smallest absolute Gasteiger partial charge is 0.118 e. The molecule has 0 spiro atoms. The molecular weight excluding hydrogens is 224 g/mol. The summed E-state index contributed by atoms with van der Waals surface area (Å²) < 4.78 is 15.8. The fourth-order valence-corrected chi connectivity index (χ4v) is 2.06. The lowest BCUT2D eigenvalue weighted by Gasteiger charge is -2.08. The van der Waals surface area contributed by atoms with Crippen LogP contribution in [0, 0.1) is 12.3 Å². The summed E-state index contributed by atoms with van der Waals surface area (Å²) in [5.74, 6) is 2.46. The average molecular weight is 238 g/mol. The van der Waals surface area contributed by atoms with Crippen molar-refractivity contribution in [1.29, 1.82) is 0 Å². The number of anilines is 1.